The van der Waals surface area contributed by atoms with Gasteiger partial charge in [0.05, 0.1) is 13.2 Å². The highest BCUT2D eigenvalue weighted by Crippen LogP contribution is 2.47. The van der Waals surface area contributed by atoms with Crippen LogP contribution in [0.5, 0.6) is 0 Å². The molecule has 12 nitrogen and oxygen atoms in total. The molecule has 6 atom stereocenters. The lowest BCUT2D eigenvalue weighted by molar-refractivity contribution is -0.220. The van der Waals surface area contributed by atoms with Crippen molar-refractivity contribution < 1.29 is 58.3 Å². The van der Waals surface area contributed by atoms with Crippen molar-refractivity contribution in [2.75, 3.05) is 19.8 Å². The summed E-state index contributed by atoms with van der Waals surface area (Å²) in [6, 6.07) is 0. The molecule has 0 aliphatic heterocycles. The highest BCUT2D eigenvalue weighted by Gasteiger charge is 2.51. The third-order valence-corrected chi connectivity index (χ3v) is 12.9. The second-order valence-electron chi connectivity index (χ2n) is 18.3. The van der Waals surface area contributed by atoms with Crippen molar-refractivity contribution >= 4 is 13.8 Å². The molecule has 0 spiro atoms. The monoisotopic (exact) mass is 1000 g/mol. The lowest BCUT2D eigenvalue weighted by Gasteiger charge is -2.41. The van der Waals surface area contributed by atoms with Gasteiger partial charge >= 0.3 is 13.8 Å². The molecule has 1 saturated carbocycles. The Morgan fingerprint density at radius 3 is 1.29 bits per heavy atom. The van der Waals surface area contributed by atoms with Crippen LogP contribution in [0.1, 0.15) is 194 Å². The Morgan fingerprint density at radius 2 is 0.843 bits per heavy atom. The zero-order valence-corrected chi connectivity index (χ0v) is 44.2. The molecule has 0 aromatic rings. The van der Waals surface area contributed by atoms with E-state index in [1.807, 2.05) is 0 Å². The van der Waals surface area contributed by atoms with Crippen molar-refractivity contribution in [3.8, 4) is 0 Å². The van der Waals surface area contributed by atoms with Crippen LogP contribution >= 0.6 is 7.82 Å². The number of esters is 1. The van der Waals surface area contributed by atoms with E-state index in [4.69, 9.17) is 18.5 Å². The fourth-order valence-electron chi connectivity index (χ4n) is 7.68. The molecule has 6 unspecified atom stereocenters. The van der Waals surface area contributed by atoms with Gasteiger partial charge in [0.25, 0.3) is 0 Å². The van der Waals surface area contributed by atoms with Gasteiger partial charge in [-0.1, -0.05) is 188 Å². The van der Waals surface area contributed by atoms with E-state index < -0.39 is 63.1 Å². The second kappa shape index (κ2) is 46.1. The summed E-state index contributed by atoms with van der Waals surface area (Å²) in [7, 11) is -5.04. The van der Waals surface area contributed by atoms with Gasteiger partial charge < -0.3 is 39.9 Å². The van der Waals surface area contributed by atoms with Gasteiger partial charge in [-0.15, -0.1) is 0 Å². The number of phosphoric ester groups is 1. The fourth-order valence-corrected chi connectivity index (χ4v) is 8.66. The van der Waals surface area contributed by atoms with Crippen molar-refractivity contribution in [2.45, 2.75) is 236 Å². The van der Waals surface area contributed by atoms with Gasteiger partial charge in [0.15, 0.2) is 0 Å². The van der Waals surface area contributed by atoms with E-state index in [1.54, 1.807) is 0 Å². The summed E-state index contributed by atoms with van der Waals surface area (Å²) in [5, 5.41) is 50.4. The minimum Gasteiger partial charge on any atom is -0.457 e. The molecular weight excluding hydrogens is 908 g/mol. The van der Waals surface area contributed by atoms with Gasteiger partial charge in [0.1, 0.15) is 42.7 Å². The van der Waals surface area contributed by atoms with Crippen molar-refractivity contribution in [3.05, 3.63) is 97.2 Å². The minimum absolute atomic E-state index is 0.100. The highest BCUT2D eigenvalue weighted by atomic mass is 31.2. The number of aliphatic hydroxyl groups is 5. The first kappa shape index (κ1) is 65.3. The molecule has 1 fully saturated rings. The molecule has 402 valence electrons. The lowest BCUT2D eigenvalue weighted by atomic mass is 9.85. The number of carbonyl (C=O) groups is 1. The molecule has 1 aliphatic rings. The first-order chi connectivity index (χ1) is 34.0. The maximum atomic E-state index is 12.9. The van der Waals surface area contributed by atoms with E-state index in [0.29, 0.717) is 13.0 Å². The minimum atomic E-state index is -5.04. The van der Waals surface area contributed by atoms with Gasteiger partial charge in [-0.25, -0.2) is 4.57 Å². The maximum absolute atomic E-state index is 12.9. The Balaban J connectivity index is 2.35. The van der Waals surface area contributed by atoms with Crippen LogP contribution in [-0.4, -0.2) is 98.9 Å². The number of aliphatic hydroxyl groups excluding tert-OH is 5. The van der Waals surface area contributed by atoms with Crippen LogP contribution in [-0.2, 0) is 27.9 Å². The Bertz CT molecular complexity index is 1520. The molecule has 0 heterocycles. The Hall–Kier alpha value is -2.74. The standard InChI is InChI=1S/C57H97O12P/c1-3-5-7-9-11-13-15-17-19-21-23-24-25-26-27-29-31-33-35-37-39-41-43-45-47-66-48-50(49-67-70(64,65)69-57-55(62)53(60)52(59)54(61)56(57)63)68-51(58)46-44-42-40-38-36-34-32-30-28-22-20-18-16-14-12-10-8-6-4-2/h6,8,12,14-15,17-18,20-21,23,25-26,28,30,34,36,50,52-57,59-63H,3-5,7,9-11,13,16,19,22,24,27,29,31-33,35,37-49H2,1-2H3,(H,64,65)/b8-6-,14-12-,17-15-,20-18-,23-21-,26-25-,30-28-,36-34-. The van der Waals surface area contributed by atoms with Crippen LogP contribution in [0.4, 0.5) is 0 Å². The van der Waals surface area contributed by atoms with Crippen LogP contribution in [0, 0.1) is 0 Å². The first-order valence-electron chi connectivity index (χ1n) is 27.1. The zero-order valence-electron chi connectivity index (χ0n) is 43.3. The van der Waals surface area contributed by atoms with E-state index in [2.05, 4.69) is 111 Å². The lowest BCUT2D eigenvalue weighted by Crippen LogP contribution is -2.64. The first-order valence-corrected chi connectivity index (χ1v) is 28.6. The smallest absolute Gasteiger partial charge is 0.457 e. The van der Waals surface area contributed by atoms with Gasteiger partial charge in [0.2, 0.25) is 0 Å². The summed E-state index contributed by atoms with van der Waals surface area (Å²) in [5.41, 5.74) is 0. The van der Waals surface area contributed by atoms with Crippen molar-refractivity contribution in [1.82, 2.24) is 0 Å². The third-order valence-electron chi connectivity index (χ3n) is 11.9. The molecule has 0 aromatic heterocycles. The van der Waals surface area contributed by atoms with Gasteiger partial charge in [-0.05, 0) is 96.3 Å². The van der Waals surface area contributed by atoms with Gasteiger partial charge in [-0.3, -0.25) is 13.8 Å². The van der Waals surface area contributed by atoms with E-state index in [0.717, 1.165) is 96.3 Å². The summed E-state index contributed by atoms with van der Waals surface area (Å²) in [4.78, 5) is 23.3. The van der Waals surface area contributed by atoms with Crippen LogP contribution < -0.4 is 0 Å². The largest absolute Gasteiger partial charge is 0.472 e. The molecule has 0 bridgehead atoms. The van der Waals surface area contributed by atoms with Crippen LogP contribution in [0.3, 0.4) is 0 Å². The SMILES string of the molecule is CC/C=C\C/C=C\C/C=C\C/C=C\C/C=C\CCCCCC(=O)OC(COCCCCCCCCCCC/C=C\C/C=C\C/C=C\CCCCCCC)COP(=O)(O)OC1C(O)C(O)C(O)C(O)C1O. The predicted molar refractivity (Wildman–Crippen MR) is 285 cm³/mol. The van der Waals surface area contributed by atoms with Gasteiger partial charge in [0, 0.05) is 13.0 Å². The number of ether oxygens (including phenoxy) is 2. The molecule has 0 aromatic carbocycles. The van der Waals surface area contributed by atoms with Crippen molar-refractivity contribution in [3.63, 3.8) is 0 Å². The Kier molecular flexibility index (Phi) is 43.0. The molecule has 70 heavy (non-hydrogen) atoms. The quantitative estimate of drug-likeness (QED) is 0.0147. The number of hydrogen-bond donors (Lipinski definition) is 6. The average molecular weight is 1010 g/mol. The van der Waals surface area contributed by atoms with Gasteiger partial charge in [-0.2, -0.15) is 0 Å². The summed E-state index contributed by atoms with van der Waals surface area (Å²) >= 11 is 0. The van der Waals surface area contributed by atoms with Crippen molar-refractivity contribution in [1.29, 1.82) is 0 Å². The summed E-state index contributed by atoms with van der Waals surface area (Å²) in [6.07, 6.45) is 51.8. The molecule has 0 radical (unpaired) electrons. The van der Waals surface area contributed by atoms with Crippen LogP contribution in [0.25, 0.3) is 0 Å². The third kappa shape index (κ3) is 37.1. The summed E-state index contributed by atoms with van der Waals surface area (Å²) in [6.45, 7) is 4.09. The highest BCUT2D eigenvalue weighted by molar-refractivity contribution is 7.47. The molecule has 13 heteroatoms. The molecular formula is C57H97O12P. The number of hydrogen-bond acceptors (Lipinski definition) is 11. The maximum Gasteiger partial charge on any atom is 0.472 e. The summed E-state index contributed by atoms with van der Waals surface area (Å²) in [5.74, 6) is -0.513. The fraction of sp³-hybridized carbons (Fsp3) is 0.702. The number of phosphoric acid groups is 1. The van der Waals surface area contributed by atoms with E-state index in [-0.39, 0.29) is 13.0 Å². The van der Waals surface area contributed by atoms with E-state index in [1.165, 1.54) is 70.6 Å². The number of rotatable bonds is 45. The Morgan fingerprint density at radius 1 is 0.471 bits per heavy atom. The number of carbonyl (C=O) groups excluding carboxylic acids is 1. The van der Waals surface area contributed by atoms with Crippen molar-refractivity contribution in [2.24, 2.45) is 0 Å². The van der Waals surface area contributed by atoms with Crippen LogP contribution in [0.15, 0.2) is 97.2 Å². The number of unbranched alkanes of at least 4 members (excludes halogenated alkanes) is 17. The normalized spacial score (nSPS) is 21.7. The Labute approximate surface area is 424 Å². The topological polar surface area (TPSA) is 192 Å². The van der Waals surface area contributed by atoms with E-state index in [9.17, 15) is 39.8 Å². The molecule has 6 N–H and O–H groups in total. The molecule has 0 saturated heterocycles. The molecule has 0 amide bonds. The second-order valence-corrected chi connectivity index (χ2v) is 19.7. The summed E-state index contributed by atoms with van der Waals surface area (Å²) < 4.78 is 34.3. The molecule has 1 aliphatic carbocycles. The molecule has 1 rings (SSSR count). The predicted octanol–water partition coefficient (Wildman–Crippen LogP) is 12.6. The zero-order chi connectivity index (χ0) is 51.2. The van der Waals surface area contributed by atoms with Crippen LogP contribution in [0.2, 0.25) is 0 Å². The number of allylic oxidation sites excluding steroid dienone is 16. The average Bonchev–Trinajstić information content (AvgIpc) is 3.35. The van der Waals surface area contributed by atoms with E-state index >= 15 is 0 Å².